The Hall–Kier alpha value is -1.51. The normalized spacial score (nSPS) is 14.7. The molecule has 1 amide bonds. The van der Waals surface area contributed by atoms with Gasteiger partial charge in [-0.25, -0.2) is 0 Å². The Morgan fingerprint density at radius 2 is 2.11 bits per heavy atom. The number of hydrogen-bond donors (Lipinski definition) is 1. The fourth-order valence-electron chi connectivity index (χ4n) is 2.28. The van der Waals surface area contributed by atoms with Crippen LogP contribution in [0.3, 0.4) is 0 Å². The summed E-state index contributed by atoms with van der Waals surface area (Å²) >= 11 is 0. The molecule has 0 atom stereocenters. The molecule has 0 saturated heterocycles. The molecule has 1 aromatic rings. The molecule has 0 unspecified atom stereocenters. The van der Waals surface area contributed by atoms with E-state index in [2.05, 4.69) is 13.8 Å². The van der Waals surface area contributed by atoms with E-state index in [1.165, 1.54) is 0 Å². The van der Waals surface area contributed by atoms with Crippen molar-refractivity contribution in [1.29, 1.82) is 0 Å². The van der Waals surface area contributed by atoms with Crippen LogP contribution >= 0.6 is 0 Å². The van der Waals surface area contributed by atoms with Gasteiger partial charge in [-0.05, 0) is 55.9 Å². The quantitative estimate of drug-likeness (QED) is 0.883. The summed E-state index contributed by atoms with van der Waals surface area (Å²) in [6, 6.07) is 5.41. The van der Waals surface area contributed by atoms with Crippen molar-refractivity contribution >= 4 is 5.91 Å². The minimum atomic E-state index is 0.112. The van der Waals surface area contributed by atoms with E-state index in [4.69, 9.17) is 0 Å². The van der Waals surface area contributed by atoms with Crippen LogP contribution in [0.2, 0.25) is 0 Å². The van der Waals surface area contributed by atoms with Crippen molar-refractivity contribution in [2.24, 2.45) is 5.92 Å². The van der Waals surface area contributed by atoms with Crippen molar-refractivity contribution in [1.82, 2.24) is 4.90 Å². The molecule has 104 valence electrons. The first-order valence-electron chi connectivity index (χ1n) is 7.09. The van der Waals surface area contributed by atoms with Crippen molar-refractivity contribution in [2.75, 3.05) is 6.54 Å². The maximum Gasteiger partial charge on any atom is 0.254 e. The van der Waals surface area contributed by atoms with Crippen molar-refractivity contribution in [3.63, 3.8) is 0 Å². The molecule has 1 aromatic carbocycles. The Labute approximate surface area is 115 Å². The zero-order valence-electron chi connectivity index (χ0n) is 12.0. The first kappa shape index (κ1) is 13.9. The molecule has 0 aliphatic heterocycles. The molecule has 0 heterocycles. The molecule has 0 aromatic heterocycles. The van der Waals surface area contributed by atoms with Gasteiger partial charge in [-0.15, -0.1) is 0 Å². The van der Waals surface area contributed by atoms with Crippen LogP contribution in [0.25, 0.3) is 0 Å². The van der Waals surface area contributed by atoms with E-state index in [1.807, 2.05) is 11.8 Å². The van der Waals surface area contributed by atoms with Crippen LogP contribution in [0.5, 0.6) is 5.75 Å². The van der Waals surface area contributed by atoms with E-state index in [-0.39, 0.29) is 11.7 Å². The van der Waals surface area contributed by atoms with Crippen molar-refractivity contribution < 1.29 is 9.90 Å². The molecule has 1 fully saturated rings. The van der Waals surface area contributed by atoms with Gasteiger partial charge in [0.05, 0.1) is 0 Å². The predicted molar refractivity (Wildman–Crippen MR) is 76.4 cm³/mol. The number of nitrogens with zero attached hydrogens (tertiary/aromatic N) is 1. The molecular weight excluding hydrogens is 238 g/mol. The molecule has 19 heavy (non-hydrogen) atoms. The molecule has 0 spiro atoms. The first-order valence-corrected chi connectivity index (χ1v) is 7.09. The van der Waals surface area contributed by atoms with Gasteiger partial charge < -0.3 is 10.0 Å². The average Bonchev–Trinajstić information content (AvgIpc) is 3.13. The summed E-state index contributed by atoms with van der Waals surface area (Å²) in [5.74, 6) is 0.935. The third kappa shape index (κ3) is 3.49. The fraction of sp³-hybridized carbons (Fsp3) is 0.562. The smallest absolute Gasteiger partial charge is 0.254 e. The molecule has 1 aliphatic carbocycles. The number of aryl methyl sites for hydroxylation is 1. The van der Waals surface area contributed by atoms with Gasteiger partial charge in [0, 0.05) is 18.2 Å². The lowest BCUT2D eigenvalue weighted by atomic mass is 10.1. The Morgan fingerprint density at radius 1 is 1.42 bits per heavy atom. The highest BCUT2D eigenvalue weighted by Gasteiger charge is 2.33. The van der Waals surface area contributed by atoms with E-state index >= 15 is 0 Å². The van der Waals surface area contributed by atoms with Gasteiger partial charge in [0.1, 0.15) is 5.75 Å². The summed E-state index contributed by atoms with van der Waals surface area (Å²) in [6.07, 6.45) is 3.29. The first-order chi connectivity index (χ1) is 8.99. The number of rotatable bonds is 5. The zero-order valence-corrected chi connectivity index (χ0v) is 12.0. The highest BCUT2D eigenvalue weighted by Crippen LogP contribution is 2.30. The number of amides is 1. The molecule has 1 saturated carbocycles. The number of benzene rings is 1. The largest absolute Gasteiger partial charge is 0.508 e. The van der Waals surface area contributed by atoms with Gasteiger partial charge in [0.25, 0.3) is 5.91 Å². The molecular formula is C16H23NO2. The van der Waals surface area contributed by atoms with Crippen molar-refractivity contribution in [2.45, 2.75) is 46.1 Å². The summed E-state index contributed by atoms with van der Waals surface area (Å²) in [5.41, 5.74) is 1.56. The summed E-state index contributed by atoms with van der Waals surface area (Å²) in [6.45, 7) is 7.07. The Balaban J connectivity index is 2.14. The van der Waals surface area contributed by atoms with E-state index in [9.17, 15) is 9.90 Å². The second-order valence-electron chi connectivity index (χ2n) is 5.91. The molecule has 0 radical (unpaired) electrons. The molecule has 0 bridgehead atoms. The van der Waals surface area contributed by atoms with Crippen LogP contribution < -0.4 is 0 Å². The second-order valence-corrected chi connectivity index (χ2v) is 5.91. The molecule has 1 N–H and O–H groups in total. The Kier molecular flexibility index (Phi) is 4.13. The Morgan fingerprint density at radius 3 is 2.63 bits per heavy atom. The lowest BCUT2D eigenvalue weighted by Crippen LogP contribution is -2.35. The van der Waals surface area contributed by atoms with Crippen LogP contribution in [-0.2, 0) is 0 Å². The van der Waals surface area contributed by atoms with Crippen LogP contribution in [0.1, 0.15) is 49.0 Å². The molecule has 3 heteroatoms. The molecule has 3 nitrogen and oxygen atoms in total. The number of phenolic OH excluding ortho intramolecular Hbond substituents is 1. The molecule has 2 rings (SSSR count). The van der Waals surface area contributed by atoms with Gasteiger partial charge in [-0.1, -0.05) is 13.8 Å². The van der Waals surface area contributed by atoms with E-state index in [0.717, 1.165) is 31.4 Å². The van der Waals surface area contributed by atoms with Crippen LogP contribution in [0.15, 0.2) is 18.2 Å². The van der Waals surface area contributed by atoms with Gasteiger partial charge >= 0.3 is 0 Å². The standard InChI is InChI=1S/C16H23NO2/c1-11(2)8-9-17(13-4-5-13)16(19)15-7-6-14(18)10-12(15)3/h6-7,10-11,13,18H,4-5,8-9H2,1-3H3. The fourth-order valence-corrected chi connectivity index (χ4v) is 2.28. The summed E-state index contributed by atoms with van der Waals surface area (Å²) in [5, 5.41) is 9.43. The highest BCUT2D eigenvalue weighted by molar-refractivity contribution is 5.96. The van der Waals surface area contributed by atoms with Crippen molar-refractivity contribution in [3.8, 4) is 5.75 Å². The number of hydrogen-bond acceptors (Lipinski definition) is 2. The zero-order chi connectivity index (χ0) is 14.0. The number of aromatic hydroxyl groups is 1. The summed E-state index contributed by atoms with van der Waals surface area (Å²) in [4.78, 5) is 14.6. The van der Waals surface area contributed by atoms with Crippen LogP contribution in [0.4, 0.5) is 0 Å². The monoisotopic (exact) mass is 261 g/mol. The van der Waals surface area contributed by atoms with Gasteiger partial charge in [0.2, 0.25) is 0 Å². The van der Waals surface area contributed by atoms with Crippen LogP contribution in [-0.4, -0.2) is 28.5 Å². The molecule has 1 aliphatic rings. The van der Waals surface area contributed by atoms with E-state index in [1.54, 1.807) is 18.2 Å². The van der Waals surface area contributed by atoms with Crippen molar-refractivity contribution in [3.05, 3.63) is 29.3 Å². The number of carbonyl (C=O) groups excluding carboxylic acids is 1. The van der Waals surface area contributed by atoms with Gasteiger partial charge in [-0.2, -0.15) is 0 Å². The van der Waals surface area contributed by atoms with E-state index < -0.39 is 0 Å². The maximum atomic E-state index is 12.6. The lowest BCUT2D eigenvalue weighted by Gasteiger charge is -2.24. The lowest BCUT2D eigenvalue weighted by molar-refractivity contribution is 0.0734. The van der Waals surface area contributed by atoms with Gasteiger partial charge in [0.15, 0.2) is 0 Å². The number of phenols is 1. The maximum absolute atomic E-state index is 12.6. The second kappa shape index (κ2) is 5.64. The Bertz CT molecular complexity index is 464. The SMILES string of the molecule is Cc1cc(O)ccc1C(=O)N(CCC(C)C)C1CC1. The number of carbonyl (C=O) groups is 1. The summed E-state index contributed by atoms with van der Waals surface area (Å²) < 4.78 is 0. The third-order valence-corrected chi connectivity index (χ3v) is 3.64. The van der Waals surface area contributed by atoms with Crippen LogP contribution in [0, 0.1) is 12.8 Å². The van der Waals surface area contributed by atoms with Gasteiger partial charge in [-0.3, -0.25) is 4.79 Å². The van der Waals surface area contributed by atoms with E-state index in [0.29, 0.717) is 17.5 Å². The topological polar surface area (TPSA) is 40.5 Å². The predicted octanol–water partition coefficient (Wildman–Crippen LogP) is 3.35. The third-order valence-electron chi connectivity index (χ3n) is 3.64. The minimum absolute atomic E-state index is 0.112. The average molecular weight is 261 g/mol. The minimum Gasteiger partial charge on any atom is -0.508 e. The highest BCUT2D eigenvalue weighted by atomic mass is 16.3. The summed E-state index contributed by atoms with van der Waals surface area (Å²) in [7, 11) is 0.